The molecule has 0 radical (unpaired) electrons. The third-order valence-corrected chi connectivity index (χ3v) is 3.24. The third-order valence-electron chi connectivity index (χ3n) is 3.24. The number of nitrogen functional groups attached to an aromatic ring is 1. The second-order valence-electron chi connectivity index (χ2n) is 5.14. The van der Waals surface area contributed by atoms with E-state index < -0.39 is 0 Å². The first-order valence-corrected chi connectivity index (χ1v) is 6.27. The lowest BCUT2D eigenvalue weighted by atomic mass is 10.1. The number of nitrogens with two attached hydrogens (primary N) is 1. The summed E-state index contributed by atoms with van der Waals surface area (Å²) >= 11 is 0. The number of morpholine rings is 1. The van der Waals surface area contributed by atoms with Gasteiger partial charge in [0.25, 0.3) is 0 Å². The van der Waals surface area contributed by atoms with Crippen molar-refractivity contribution < 1.29 is 4.74 Å². The predicted octanol–water partition coefficient (Wildman–Crippen LogP) is 2.19. The van der Waals surface area contributed by atoms with Crippen LogP contribution in [0.1, 0.15) is 25.0 Å². The van der Waals surface area contributed by atoms with E-state index >= 15 is 0 Å². The minimum Gasteiger partial charge on any atom is -0.399 e. The Bertz CT molecular complexity index is 382. The number of hydrogen-bond donors (Lipinski definition) is 1. The molecule has 2 N–H and O–H groups in total. The van der Waals surface area contributed by atoms with Crippen molar-refractivity contribution in [3.05, 3.63) is 29.3 Å². The van der Waals surface area contributed by atoms with Gasteiger partial charge in [-0.05, 0) is 38.0 Å². The highest BCUT2D eigenvalue weighted by molar-refractivity contribution is 5.47. The molecule has 1 fully saturated rings. The first kappa shape index (κ1) is 12.4. The number of aryl methyl sites for hydroxylation is 1. The van der Waals surface area contributed by atoms with Crippen LogP contribution >= 0.6 is 0 Å². The molecule has 0 aromatic heterocycles. The summed E-state index contributed by atoms with van der Waals surface area (Å²) in [7, 11) is 0. The van der Waals surface area contributed by atoms with E-state index in [0.717, 1.165) is 30.9 Å². The van der Waals surface area contributed by atoms with Crippen molar-refractivity contribution in [3.63, 3.8) is 0 Å². The summed E-state index contributed by atoms with van der Waals surface area (Å²) in [5, 5.41) is 0. The summed E-state index contributed by atoms with van der Waals surface area (Å²) in [5.74, 6) is 0. The predicted molar refractivity (Wildman–Crippen MR) is 70.9 cm³/mol. The Morgan fingerprint density at radius 2 is 1.94 bits per heavy atom. The van der Waals surface area contributed by atoms with Crippen LogP contribution in [-0.4, -0.2) is 30.2 Å². The first-order chi connectivity index (χ1) is 8.04. The average molecular weight is 234 g/mol. The molecule has 1 aromatic carbocycles. The van der Waals surface area contributed by atoms with Crippen LogP contribution in [0.5, 0.6) is 0 Å². The molecule has 3 heteroatoms. The molecule has 3 nitrogen and oxygen atoms in total. The van der Waals surface area contributed by atoms with E-state index in [9.17, 15) is 0 Å². The Labute approximate surface area is 104 Å². The lowest BCUT2D eigenvalue weighted by Gasteiger charge is -2.35. The molecule has 17 heavy (non-hydrogen) atoms. The summed E-state index contributed by atoms with van der Waals surface area (Å²) in [5.41, 5.74) is 9.20. The molecular formula is C14H22N2O. The molecule has 2 atom stereocenters. The minimum atomic E-state index is 0.327. The smallest absolute Gasteiger partial charge is 0.0678 e. The van der Waals surface area contributed by atoms with Crippen molar-refractivity contribution >= 4 is 5.69 Å². The van der Waals surface area contributed by atoms with Gasteiger partial charge < -0.3 is 10.5 Å². The molecule has 1 aliphatic rings. The summed E-state index contributed by atoms with van der Waals surface area (Å²) < 4.78 is 5.74. The number of anilines is 1. The Morgan fingerprint density at radius 1 is 1.29 bits per heavy atom. The third kappa shape index (κ3) is 3.20. The van der Waals surface area contributed by atoms with Crippen LogP contribution < -0.4 is 5.73 Å². The second kappa shape index (κ2) is 5.07. The normalized spacial score (nSPS) is 26.1. The van der Waals surface area contributed by atoms with Crippen molar-refractivity contribution in [1.29, 1.82) is 0 Å². The first-order valence-electron chi connectivity index (χ1n) is 6.27. The molecular weight excluding hydrogens is 212 g/mol. The lowest BCUT2D eigenvalue weighted by molar-refractivity contribution is -0.0704. The average Bonchev–Trinajstić information content (AvgIpc) is 2.22. The van der Waals surface area contributed by atoms with E-state index in [1.165, 1.54) is 5.56 Å². The molecule has 2 rings (SSSR count). The maximum Gasteiger partial charge on any atom is 0.0678 e. The molecule has 1 heterocycles. The number of nitrogens with zero attached hydrogens (tertiary/aromatic N) is 1. The Morgan fingerprint density at radius 3 is 2.53 bits per heavy atom. The summed E-state index contributed by atoms with van der Waals surface area (Å²) in [6, 6.07) is 6.30. The van der Waals surface area contributed by atoms with Gasteiger partial charge in [0.1, 0.15) is 0 Å². The van der Waals surface area contributed by atoms with Gasteiger partial charge in [0.15, 0.2) is 0 Å². The fraction of sp³-hybridized carbons (Fsp3) is 0.571. The molecule has 0 bridgehead atoms. The van der Waals surface area contributed by atoms with Crippen LogP contribution in [0.15, 0.2) is 18.2 Å². The van der Waals surface area contributed by atoms with Gasteiger partial charge in [0.05, 0.1) is 12.2 Å². The second-order valence-corrected chi connectivity index (χ2v) is 5.14. The summed E-state index contributed by atoms with van der Waals surface area (Å²) in [4.78, 5) is 2.45. The van der Waals surface area contributed by atoms with Gasteiger partial charge >= 0.3 is 0 Å². The van der Waals surface area contributed by atoms with Crippen molar-refractivity contribution in [3.8, 4) is 0 Å². The van der Waals surface area contributed by atoms with E-state index in [2.05, 4.69) is 37.8 Å². The molecule has 1 aromatic rings. The quantitative estimate of drug-likeness (QED) is 0.797. The van der Waals surface area contributed by atoms with E-state index in [1.807, 2.05) is 6.07 Å². The Balaban J connectivity index is 2.02. The Hall–Kier alpha value is -1.06. The zero-order chi connectivity index (χ0) is 12.4. The maximum atomic E-state index is 5.83. The zero-order valence-electron chi connectivity index (χ0n) is 10.9. The van der Waals surface area contributed by atoms with Crippen LogP contribution in [0.25, 0.3) is 0 Å². The highest BCUT2D eigenvalue weighted by Gasteiger charge is 2.21. The van der Waals surface area contributed by atoms with E-state index in [0.29, 0.717) is 12.2 Å². The largest absolute Gasteiger partial charge is 0.399 e. The highest BCUT2D eigenvalue weighted by atomic mass is 16.5. The van der Waals surface area contributed by atoms with Crippen LogP contribution in [-0.2, 0) is 11.3 Å². The molecule has 0 aliphatic carbocycles. The van der Waals surface area contributed by atoms with Crippen LogP contribution in [0.3, 0.4) is 0 Å². The van der Waals surface area contributed by atoms with Gasteiger partial charge in [-0.1, -0.05) is 12.1 Å². The van der Waals surface area contributed by atoms with Crippen molar-refractivity contribution in [2.24, 2.45) is 0 Å². The van der Waals surface area contributed by atoms with E-state index in [4.69, 9.17) is 10.5 Å². The molecule has 1 aliphatic heterocycles. The molecule has 94 valence electrons. The van der Waals surface area contributed by atoms with E-state index in [-0.39, 0.29) is 0 Å². The SMILES string of the molecule is Cc1cc(CN2C[C@@H](C)O[C@@H](C)C2)ccc1N. The van der Waals surface area contributed by atoms with Gasteiger partial charge in [-0.2, -0.15) is 0 Å². The van der Waals surface area contributed by atoms with Gasteiger partial charge in [0.2, 0.25) is 0 Å². The summed E-state index contributed by atoms with van der Waals surface area (Å²) in [6.45, 7) is 9.33. The zero-order valence-corrected chi connectivity index (χ0v) is 10.9. The monoisotopic (exact) mass is 234 g/mol. The van der Waals surface area contributed by atoms with Gasteiger partial charge in [-0.15, -0.1) is 0 Å². The van der Waals surface area contributed by atoms with Crippen molar-refractivity contribution in [1.82, 2.24) is 4.90 Å². The standard InChI is InChI=1S/C14H22N2O/c1-10-6-13(4-5-14(10)15)9-16-7-11(2)17-12(3)8-16/h4-6,11-12H,7-9,15H2,1-3H3/t11-,12+. The molecule has 0 spiro atoms. The number of ether oxygens (including phenoxy) is 1. The number of hydrogen-bond acceptors (Lipinski definition) is 3. The van der Waals surface area contributed by atoms with Crippen molar-refractivity contribution in [2.45, 2.75) is 39.5 Å². The summed E-state index contributed by atoms with van der Waals surface area (Å²) in [6.07, 6.45) is 0.655. The van der Waals surface area contributed by atoms with Crippen LogP contribution in [0, 0.1) is 6.92 Å². The Kier molecular flexibility index (Phi) is 3.69. The number of rotatable bonds is 2. The van der Waals surface area contributed by atoms with Gasteiger partial charge in [0, 0.05) is 25.3 Å². The highest BCUT2D eigenvalue weighted by Crippen LogP contribution is 2.17. The fourth-order valence-corrected chi connectivity index (χ4v) is 2.51. The molecule has 1 saturated heterocycles. The topological polar surface area (TPSA) is 38.5 Å². The molecule has 0 unspecified atom stereocenters. The molecule has 0 amide bonds. The fourth-order valence-electron chi connectivity index (χ4n) is 2.51. The lowest BCUT2D eigenvalue weighted by Crippen LogP contribution is -2.44. The van der Waals surface area contributed by atoms with Gasteiger partial charge in [-0.25, -0.2) is 0 Å². The van der Waals surface area contributed by atoms with Crippen molar-refractivity contribution in [2.75, 3.05) is 18.8 Å². The minimum absolute atomic E-state index is 0.327. The van der Waals surface area contributed by atoms with Crippen LogP contribution in [0.4, 0.5) is 5.69 Å². The van der Waals surface area contributed by atoms with E-state index in [1.54, 1.807) is 0 Å². The van der Waals surface area contributed by atoms with Gasteiger partial charge in [-0.3, -0.25) is 4.90 Å². The van der Waals surface area contributed by atoms with Crippen LogP contribution in [0.2, 0.25) is 0 Å². The molecule has 0 saturated carbocycles. The number of benzene rings is 1. The maximum absolute atomic E-state index is 5.83.